The van der Waals surface area contributed by atoms with Crippen molar-refractivity contribution in [3.8, 4) is 0 Å². The molecule has 10 heteroatoms. The smallest absolute Gasteiger partial charge is 0.274 e. The maximum absolute atomic E-state index is 12.4. The molecule has 1 aliphatic heterocycles. The largest absolute Gasteiger partial charge is 0.281 e. The molecule has 1 atom stereocenters. The number of nitrogens with one attached hydrogen (secondary N) is 1. The molecule has 0 radical (unpaired) electrons. The van der Waals surface area contributed by atoms with Crippen LogP contribution in [0.5, 0.6) is 0 Å². The molecule has 0 aromatic carbocycles. The number of pyridine rings is 1. The van der Waals surface area contributed by atoms with Crippen molar-refractivity contribution in [2.75, 3.05) is 18.8 Å². The highest BCUT2D eigenvalue weighted by atomic mass is 32.2. The lowest BCUT2D eigenvalue weighted by atomic mass is 9.99. The first-order chi connectivity index (χ1) is 11.7. The highest BCUT2D eigenvalue weighted by Crippen LogP contribution is 2.21. The zero-order chi connectivity index (χ0) is 18.7. The Balaban J connectivity index is 2.12. The van der Waals surface area contributed by atoms with E-state index in [2.05, 4.69) is 4.98 Å². The summed E-state index contributed by atoms with van der Waals surface area (Å²) < 4.78 is 52.4. The Morgan fingerprint density at radius 1 is 1.36 bits per heavy atom. The summed E-state index contributed by atoms with van der Waals surface area (Å²) in [7, 11) is -7.49. The number of carbonyl (C=O) groups is 1. The summed E-state index contributed by atoms with van der Waals surface area (Å²) in [5.41, 5.74) is 0.429. The Morgan fingerprint density at radius 2 is 2.08 bits per heavy atom. The van der Waals surface area contributed by atoms with Crippen molar-refractivity contribution in [1.29, 1.82) is 0 Å². The number of rotatable bonds is 6. The van der Waals surface area contributed by atoms with Crippen LogP contribution in [-0.4, -0.2) is 50.9 Å². The zero-order valence-electron chi connectivity index (χ0n) is 14.3. The summed E-state index contributed by atoms with van der Waals surface area (Å²) in [6.45, 7) is 3.72. The van der Waals surface area contributed by atoms with Gasteiger partial charge in [0.15, 0.2) is 5.03 Å². The first kappa shape index (κ1) is 19.8. The predicted molar refractivity (Wildman–Crippen MR) is 92.7 cm³/mol. The number of carbonyl (C=O) groups excluding carboxylic acids is 1. The van der Waals surface area contributed by atoms with Gasteiger partial charge in [0, 0.05) is 19.3 Å². The molecule has 0 aliphatic carbocycles. The van der Waals surface area contributed by atoms with Gasteiger partial charge >= 0.3 is 0 Å². The van der Waals surface area contributed by atoms with Gasteiger partial charge in [-0.05, 0) is 37.8 Å². The van der Waals surface area contributed by atoms with E-state index in [0.717, 1.165) is 0 Å². The van der Waals surface area contributed by atoms with Gasteiger partial charge in [-0.15, -0.1) is 0 Å². The van der Waals surface area contributed by atoms with E-state index in [1.165, 1.54) is 10.5 Å². The van der Waals surface area contributed by atoms with Crippen LogP contribution in [-0.2, 0) is 24.8 Å². The van der Waals surface area contributed by atoms with Crippen molar-refractivity contribution in [2.45, 2.75) is 38.1 Å². The number of hydrogen-bond acceptors (Lipinski definition) is 6. The van der Waals surface area contributed by atoms with E-state index in [4.69, 9.17) is 0 Å². The zero-order valence-corrected chi connectivity index (χ0v) is 15.9. The number of sulfonamides is 2. The van der Waals surface area contributed by atoms with Gasteiger partial charge in [-0.25, -0.2) is 22.4 Å². The fraction of sp³-hybridized carbons (Fsp3) is 0.600. The van der Waals surface area contributed by atoms with E-state index in [-0.39, 0.29) is 17.3 Å². The molecular weight excluding hydrogens is 366 g/mol. The molecule has 1 N–H and O–H groups in total. The van der Waals surface area contributed by atoms with E-state index in [9.17, 15) is 21.6 Å². The van der Waals surface area contributed by atoms with E-state index in [1.807, 2.05) is 4.72 Å². The number of piperidine rings is 1. The van der Waals surface area contributed by atoms with Gasteiger partial charge < -0.3 is 0 Å². The lowest BCUT2D eigenvalue weighted by Crippen LogP contribution is -2.47. The van der Waals surface area contributed by atoms with Crippen molar-refractivity contribution in [2.24, 2.45) is 5.92 Å². The molecule has 2 rings (SSSR count). The van der Waals surface area contributed by atoms with Gasteiger partial charge in [0.2, 0.25) is 15.9 Å². The van der Waals surface area contributed by atoms with Crippen molar-refractivity contribution in [3.05, 3.63) is 23.9 Å². The standard InChI is InChI=1S/C15H23N3O5S2/c1-3-10-24(20,21)18-9-5-7-13(11-18)14(19)17-25(22,23)15-12(2)6-4-8-16-15/h4,6,8,13H,3,5,7,9-11H2,1-2H3,(H,17,19). The number of nitrogens with zero attached hydrogens (tertiary/aromatic N) is 2. The Bertz CT molecular complexity index is 836. The predicted octanol–water partition coefficient (Wildman–Crippen LogP) is 0.647. The lowest BCUT2D eigenvalue weighted by Gasteiger charge is -2.31. The Morgan fingerprint density at radius 3 is 2.72 bits per heavy atom. The first-order valence-electron chi connectivity index (χ1n) is 8.13. The summed E-state index contributed by atoms with van der Waals surface area (Å²) in [5.74, 6) is -1.37. The molecule has 8 nitrogen and oxygen atoms in total. The van der Waals surface area contributed by atoms with Gasteiger partial charge in [0.25, 0.3) is 10.0 Å². The molecule has 1 fully saturated rings. The van der Waals surface area contributed by atoms with Crippen molar-refractivity contribution in [3.63, 3.8) is 0 Å². The maximum atomic E-state index is 12.4. The molecule has 1 saturated heterocycles. The molecular formula is C15H23N3O5S2. The topological polar surface area (TPSA) is 114 Å². The average molecular weight is 389 g/mol. The average Bonchev–Trinajstić information content (AvgIpc) is 2.54. The van der Waals surface area contributed by atoms with Crippen LogP contribution in [0.15, 0.2) is 23.4 Å². The van der Waals surface area contributed by atoms with Gasteiger partial charge in [-0.2, -0.15) is 8.42 Å². The number of hydrogen-bond donors (Lipinski definition) is 1. The molecule has 140 valence electrons. The Hall–Kier alpha value is -1.52. The minimum atomic E-state index is -4.08. The number of aryl methyl sites for hydroxylation is 1. The second-order valence-electron chi connectivity index (χ2n) is 6.11. The molecule has 1 aliphatic rings. The van der Waals surface area contributed by atoms with E-state index in [0.29, 0.717) is 31.4 Å². The molecule has 0 spiro atoms. The fourth-order valence-corrected chi connectivity index (χ4v) is 5.62. The van der Waals surface area contributed by atoms with E-state index >= 15 is 0 Å². The van der Waals surface area contributed by atoms with E-state index < -0.39 is 31.9 Å². The number of aromatic nitrogens is 1. The highest BCUT2D eigenvalue weighted by Gasteiger charge is 2.34. The quantitative estimate of drug-likeness (QED) is 0.764. The number of amides is 1. The van der Waals surface area contributed by atoms with Gasteiger partial charge in [0.1, 0.15) is 0 Å². The van der Waals surface area contributed by atoms with Crippen LogP contribution >= 0.6 is 0 Å². The lowest BCUT2D eigenvalue weighted by molar-refractivity contribution is -0.124. The van der Waals surface area contributed by atoms with E-state index in [1.54, 1.807) is 26.0 Å². The Labute approximate surface area is 148 Å². The molecule has 1 aromatic rings. The summed E-state index contributed by atoms with van der Waals surface area (Å²) in [6.07, 6.45) is 2.79. The molecule has 1 unspecified atom stereocenters. The van der Waals surface area contributed by atoms with Crippen LogP contribution < -0.4 is 4.72 Å². The summed E-state index contributed by atoms with van der Waals surface area (Å²) in [4.78, 5) is 16.2. The first-order valence-corrected chi connectivity index (χ1v) is 11.2. The molecule has 1 aromatic heterocycles. The summed E-state index contributed by atoms with van der Waals surface area (Å²) in [6, 6.07) is 3.19. The van der Waals surface area contributed by atoms with Gasteiger partial charge in [-0.3, -0.25) is 4.79 Å². The SMILES string of the molecule is CCCS(=O)(=O)N1CCCC(C(=O)NS(=O)(=O)c2ncccc2C)C1. The minimum Gasteiger partial charge on any atom is -0.274 e. The van der Waals surface area contributed by atoms with Crippen LogP contribution in [0.4, 0.5) is 0 Å². The van der Waals surface area contributed by atoms with Crippen LogP contribution in [0, 0.1) is 12.8 Å². The minimum absolute atomic E-state index is 0.00485. The second-order valence-corrected chi connectivity index (χ2v) is 9.79. The van der Waals surface area contributed by atoms with Crippen LogP contribution in [0.2, 0.25) is 0 Å². The third kappa shape index (κ3) is 4.77. The van der Waals surface area contributed by atoms with Crippen LogP contribution in [0.3, 0.4) is 0 Å². The molecule has 0 bridgehead atoms. The van der Waals surface area contributed by atoms with Crippen molar-refractivity contribution < 1.29 is 21.6 Å². The monoisotopic (exact) mass is 389 g/mol. The molecule has 25 heavy (non-hydrogen) atoms. The van der Waals surface area contributed by atoms with Gasteiger partial charge in [-0.1, -0.05) is 13.0 Å². The van der Waals surface area contributed by atoms with Crippen molar-refractivity contribution in [1.82, 2.24) is 14.0 Å². The summed E-state index contributed by atoms with van der Waals surface area (Å²) >= 11 is 0. The van der Waals surface area contributed by atoms with Crippen LogP contribution in [0.1, 0.15) is 31.7 Å². The van der Waals surface area contributed by atoms with Crippen LogP contribution in [0.25, 0.3) is 0 Å². The third-order valence-electron chi connectivity index (χ3n) is 4.06. The highest BCUT2D eigenvalue weighted by molar-refractivity contribution is 7.90. The second kappa shape index (κ2) is 7.79. The maximum Gasteiger partial charge on any atom is 0.281 e. The van der Waals surface area contributed by atoms with Gasteiger partial charge in [0.05, 0.1) is 11.7 Å². The summed E-state index contributed by atoms with van der Waals surface area (Å²) in [5, 5.41) is -0.199. The van der Waals surface area contributed by atoms with Crippen molar-refractivity contribution >= 4 is 26.0 Å². The fourth-order valence-electron chi connectivity index (χ4n) is 2.81. The molecule has 2 heterocycles. The molecule has 1 amide bonds. The normalized spacial score (nSPS) is 19.5. The Kier molecular flexibility index (Phi) is 6.17. The third-order valence-corrected chi connectivity index (χ3v) is 7.51. The molecule has 0 saturated carbocycles.